The SMILES string of the molecule is CCCC(C(=O)O)C(=O)NCCc1cn(C)c2cc(F)ccc12. The fraction of sp³-hybridized carbons (Fsp3) is 0.412. The number of fused-ring (bicyclic) bond motifs is 1. The summed E-state index contributed by atoms with van der Waals surface area (Å²) in [5, 5.41) is 12.7. The van der Waals surface area contributed by atoms with Crippen molar-refractivity contribution in [1.29, 1.82) is 0 Å². The van der Waals surface area contributed by atoms with E-state index in [1.54, 1.807) is 6.07 Å². The molecule has 0 spiro atoms. The summed E-state index contributed by atoms with van der Waals surface area (Å²) in [5.74, 6) is -2.83. The predicted molar refractivity (Wildman–Crippen MR) is 85.6 cm³/mol. The molecule has 1 aromatic heterocycles. The minimum absolute atomic E-state index is 0.289. The first-order valence-electron chi connectivity index (χ1n) is 7.68. The van der Waals surface area contributed by atoms with E-state index in [-0.39, 0.29) is 5.82 Å². The molecule has 6 heteroatoms. The summed E-state index contributed by atoms with van der Waals surface area (Å²) < 4.78 is 15.1. The van der Waals surface area contributed by atoms with Gasteiger partial charge >= 0.3 is 5.97 Å². The van der Waals surface area contributed by atoms with E-state index in [1.807, 2.05) is 24.7 Å². The lowest BCUT2D eigenvalue weighted by molar-refractivity contribution is -0.147. The van der Waals surface area contributed by atoms with E-state index in [0.29, 0.717) is 25.8 Å². The number of aromatic nitrogens is 1. The van der Waals surface area contributed by atoms with E-state index in [9.17, 15) is 14.0 Å². The zero-order valence-corrected chi connectivity index (χ0v) is 13.3. The molecule has 1 amide bonds. The number of hydrogen-bond acceptors (Lipinski definition) is 2. The van der Waals surface area contributed by atoms with Gasteiger partial charge in [-0.3, -0.25) is 9.59 Å². The van der Waals surface area contributed by atoms with Crippen LogP contribution in [-0.4, -0.2) is 28.1 Å². The Balaban J connectivity index is 2.01. The van der Waals surface area contributed by atoms with Gasteiger partial charge in [-0.05, 0) is 36.6 Å². The molecule has 0 aliphatic carbocycles. The minimum atomic E-state index is -1.09. The number of aliphatic carboxylic acids is 1. The number of carboxylic acid groups (broad SMARTS) is 1. The largest absolute Gasteiger partial charge is 0.481 e. The topological polar surface area (TPSA) is 71.3 Å². The molecule has 0 aliphatic rings. The molecule has 0 radical (unpaired) electrons. The normalized spacial score (nSPS) is 12.3. The number of halogens is 1. The number of carbonyl (C=O) groups excluding carboxylic acids is 1. The smallest absolute Gasteiger partial charge is 0.316 e. The summed E-state index contributed by atoms with van der Waals surface area (Å²) >= 11 is 0. The van der Waals surface area contributed by atoms with E-state index in [1.165, 1.54) is 12.1 Å². The average Bonchev–Trinajstić information content (AvgIpc) is 2.80. The molecule has 2 aromatic rings. The van der Waals surface area contributed by atoms with Crippen molar-refractivity contribution in [3.8, 4) is 0 Å². The van der Waals surface area contributed by atoms with Gasteiger partial charge in [-0.25, -0.2) is 4.39 Å². The Hall–Kier alpha value is -2.37. The van der Waals surface area contributed by atoms with Gasteiger partial charge in [0.25, 0.3) is 0 Å². The number of aryl methyl sites for hydroxylation is 1. The maximum absolute atomic E-state index is 13.3. The van der Waals surface area contributed by atoms with Crippen LogP contribution in [-0.2, 0) is 23.1 Å². The molecular formula is C17H21FN2O3. The molecule has 5 nitrogen and oxygen atoms in total. The standard InChI is InChI=1S/C17H21FN2O3/c1-3-4-14(17(22)23)16(21)19-8-7-11-10-20(2)15-9-12(18)5-6-13(11)15/h5-6,9-10,14H,3-4,7-8H2,1-2H3,(H,19,21)(H,22,23). The number of hydrogen-bond donors (Lipinski definition) is 2. The maximum atomic E-state index is 13.3. The predicted octanol–water partition coefficient (Wildman–Crippen LogP) is 2.48. The van der Waals surface area contributed by atoms with Crippen LogP contribution in [0.5, 0.6) is 0 Å². The second-order valence-electron chi connectivity index (χ2n) is 5.65. The zero-order chi connectivity index (χ0) is 17.0. The van der Waals surface area contributed by atoms with Crippen LogP contribution in [0.1, 0.15) is 25.3 Å². The first-order valence-corrected chi connectivity index (χ1v) is 7.68. The molecule has 1 unspecified atom stereocenters. The van der Waals surface area contributed by atoms with Gasteiger partial charge in [0.1, 0.15) is 11.7 Å². The Morgan fingerprint density at radius 2 is 2.13 bits per heavy atom. The molecule has 1 aromatic carbocycles. The molecule has 1 heterocycles. The molecular weight excluding hydrogens is 299 g/mol. The third-order valence-electron chi connectivity index (χ3n) is 3.92. The number of amides is 1. The van der Waals surface area contributed by atoms with Crippen LogP contribution < -0.4 is 5.32 Å². The van der Waals surface area contributed by atoms with Crippen molar-refractivity contribution >= 4 is 22.8 Å². The van der Waals surface area contributed by atoms with Crippen molar-refractivity contribution in [2.45, 2.75) is 26.2 Å². The molecule has 23 heavy (non-hydrogen) atoms. The number of nitrogens with zero attached hydrogens (tertiary/aromatic N) is 1. The van der Waals surface area contributed by atoms with Crippen LogP contribution in [0.3, 0.4) is 0 Å². The first kappa shape index (κ1) is 17.0. The highest BCUT2D eigenvalue weighted by atomic mass is 19.1. The highest BCUT2D eigenvalue weighted by Crippen LogP contribution is 2.21. The van der Waals surface area contributed by atoms with Crippen molar-refractivity contribution in [3.63, 3.8) is 0 Å². The molecule has 2 N–H and O–H groups in total. The fourth-order valence-electron chi connectivity index (χ4n) is 2.74. The van der Waals surface area contributed by atoms with Crippen LogP contribution in [0.25, 0.3) is 10.9 Å². The second-order valence-corrected chi connectivity index (χ2v) is 5.65. The van der Waals surface area contributed by atoms with Crippen molar-refractivity contribution < 1.29 is 19.1 Å². The summed E-state index contributed by atoms with van der Waals surface area (Å²) in [7, 11) is 1.84. The van der Waals surface area contributed by atoms with E-state index in [4.69, 9.17) is 5.11 Å². The van der Waals surface area contributed by atoms with Gasteiger partial charge in [0.2, 0.25) is 5.91 Å². The van der Waals surface area contributed by atoms with Crippen molar-refractivity contribution in [1.82, 2.24) is 9.88 Å². The van der Waals surface area contributed by atoms with Crippen molar-refractivity contribution in [2.24, 2.45) is 13.0 Å². The number of nitrogens with one attached hydrogen (secondary N) is 1. The summed E-state index contributed by atoms with van der Waals surface area (Å²) in [5.41, 5.74) is 1.78. The van der Waals surface area contributed by atoms with E-state index < -0.39 is 17.8 Å². The molecule has 0 bridgehead atoms. The summed E-state index contributed by atoms with van der Waals surface area (Å²) in [4.78, 5) is 23.0. The monoisotopic (exact) mass is 320 g/mol. The summed E-state index contributed by atoms with van der Waals surface area (Å²) in [6, 6.07) is 4.60. The number of rotatable bonds is 7. The number of carbonyl (C=O) groups is 2. The van der Waals surface area contributed by atoms with Crippen molar-refractivity contribution in [2.75, 3.05) is 6.54 Å². The van der Waals surface area contributed by atoms with Crippen LogP contribution in [0.2, 0.25) is 0 Å². The van der Waals surface area contributed by atoms with Gasteiger partial charge in [-0.1, -0.05) is 13.3 Å². The molecule has 1 atom stereocenters. The lowest BCUT2D eigenvalue weighted by Crippen LogP contribution is -2.36. The van der Waals surface area contributed by atoms with E-state index in [2.05, 4.69) is 5.32 Å². The lowest BCUT2D eigenvalue weighted by Gasteiger charge is -2.11. The molecule has 2 rings (SSSR count). The van der Waals surface area contributed by atoms with Gasteiger partial charge in [0.15, 0.2) is 0 Å². The fourth-order valence-corrected chi connectivity index (χ4v) is 2.74. The van der Waals surface area contributed by atoms with Crippen LogP contribution >= 0.6 is 0 Å². The van der Waals surface area contributed by atoms with Gasteiger partial charge < -0.3 is 15.0 Å². The molecule has 0 aliphatic heterocycles. The number of benzene rings is 1. The lowest BCUT2D eigenvalue weighted by atomic mass is 10.0. The van der Waals surface area contributed by atoms with Gasteiger partial charge in [0.05, 0.1) is 5.52 Å². The molecule has 0 saturated carbocycles. The Morgan fingerprint density at radius 3 is 2.78 bits per heavy atom. The highest BCUT2D eigenvalue weighted by Gasteiger charge is 2.24. The minimum Gasteiger partial charge on any atom is -0.481 e. The average molecular weight is 320 g/mol. The Morgan fingerprint density at radius 1 is 1.39 bits per heavy atom. The summed E-state index contributed by atoms with van der Waals surface area (Å²) in [6.45, 7) is 2.20. The molecule has 0 fully saturated rings. The molecule has 124 valence electrons. The Bertz CT molecular complexity index is 724. The maximum Gasteiger partial charge on any atom is 0.316 e. The van der Waals surface area contributed by atoms with Gasteiger partial charge in [0, 0.05) is 25.2 Å². The van der Waals surface area contributed by atoms with Gasteiger partial charge in [-0.2, -0.15) is 0 Å². The Kier molecular flexibility index (Phi) is 5.36. The van der Waals surface area contributed by atoms with Crippen molar-refractivity contribution in [3.05, 3.63) is 35.8 Å². The van der Waals surface area contributed by atoms with Crippen LogP contribution in [0.15, 0.2) is 24.4 Å². The quantitative estimate of drug-likeness (QED) is 0.770. The van der Waals surface area contributed by atoms with E-state index in [0.717, 1.165) is 16.5 Å². The van der Waals surface area contributed by atoms with Crippen LogP contribution in [0.4, 0.5) is 4.39 Å². The molecule has 0 saturated heterocycles. The van der Waals surface area contributed by atoms with Crippen LogP contribution in [0, 0.1) is 11.7 Å². The zero-order valence-electron chi connectivity index (χ0n) is 13.3. The number of carboxylic acids is 1. The van der Waals surface area contributed by atoms with Gasteiger partial charge in [-0.15, -0.1) is 0 Å². The third-order valence-corrected chi connectivity index (χ3v) is 3.92. The first-order chi connectivity index (χ1) is 10.9. The third kappa shape index (κ3) is 3.88. The van der Waals surface area contributed by atoms with E-state index >= 15 is 0 Å². The highest BCUT2D eigenvalue weighted by molar-refractivity contribution is 5.96. The second kappa shape index (κ2) is 7.26. The Labute approximate surface area is 134 Å². The summed E-state index contributed by atoms with van der Waals surface area (Å²) in [6.07, 6.45) is 3.43.